The molecule has 0 bridgehead atoms. The first kappa shape index (κ1) is 17.6. The van der Waals surface area contributed by atoms with Crippen LogP contribution in [0.15, 0.2) is 41.2 Å². The van der Waals surface area contributed by atoms with E-state index in [0.717, 1.165) is 4.90 Å². The van der Waals surface area contributed by atoms with Gasteiger partial charge in [-0.1, -0.05) is 6.07 Å². The number of aromatic amines is 2. The Kier molecular flexibility index (Phi) is 4.22. The number of benzene rings is 2. The first-order valence-electron chi connectivity index (χ1n) is 8.22. The normalized spacial score (nSPS) is 11.2. The Morgan fingerprint density at radius 3 is 2.75 bits per heavy atom. The van der Waals surface area contributed by atoms with Gasteiger partial charge in [-0.25, -0.2) is 28.6 Å². The van der Waals surface area contributed by atoms with Crippen molar-refractivity contribution in [1.29, 1.82) is 0 Å². The largest absolute Gasteiger partial charge is 0.465 e. The van der Waals surface area contributed by atoms with Crippen LogP contribution in [0.2, 0.25) is 0 Å². The molecule has 4 aromatic rings. The number of rotatable bonds is 4. The highest BCUT2D eigenvalue weighted by molar-refractivity contribution is 5.96. The van der Waals surface area contributed by atoms with Gasteiger partial charge in [0.2, 0.25) is 5.95 Å². The Morgan fingerprint density at radius 2 is 2.00 bits per heavy atom. The van der Waals surface area contributed by atoms with Crippen molar-refractivity contribution in [3.8, 4) is 11.3 Å². The molecule has 8 nitrogen and oxygen atoms in total. The van der Waals surface area contributed by atoms with E-state index < -0.39 is 24.1 Å². The number of nitrogens with zero attached hydrogens (tertiary/aromatic N) is 3. The average Bonchev–Trinajstić information content (AvgIpc) is 3.08. The van der Waals surface area contributed by atoms with E-state index in [1.807, 2.05) is 0 Å². The minimum absolute atomic E-state index is 0.0115. The van der Waals surface area contributed by atoms with E-state index in [1.165, 1.54) is 18.2 Å². The fourth-order valence-electron chi connectivity index (χ4n) is 3.01. The number of hydrogen-bond donors (Lipinski definition) is 3. The zero-order valence-corrected chi connectivity index (χ0v) is 14.2. The summed E-state index contributed by atoms with van der Waals surface area (Å²) in [6, 6.07) is 8.73. The maximum Gasteiger partial charge on any atom is 0.414 e. The second-order valence-corrected chi connectivity index (χ2v) is 6.01. The van der Waals surface area contributed by atoms with Crippen LogP contribution < -0.4 is 10.5 Å². The van der Waals surface area contributed by atoms with E-state index in [-0.39, 0.29) is 17.9 Å². The van der Waals surface area contributed by atoms with Crippen LogP contribution in [0.4, 0.5) is 19.5 Å². The molecule has 3 N–H and O–H groups in total. The summed E-state index contributed by atoms with van der Waals surface area (Å²) in [6.07, 6.45) is -1.33. The number of carboxylic acid groups (broad SMARTS) is 1. The summed E-state index contributed by atoms with van der Waals surface area (Å²) >= 11 is 0. The standard InChI is InChI=1S/C18H13F2N5O3/c19-5-6-25(18(27)28)17-21-13-4-1-9(7-14(13)22-17)15-12-8-10(20)2-3-11(12)16(26)24-23-15/h1-4,7-8H,5-6H2,(H,21,22)(H,24,26)(H,27,28). The number of aromatic nitrogens is 4. The van der Waals surface area contributed by atoms with Crippen LogP contribution in [0.25, 0.3) is 33.1 Å². The summed E-state index contributed by atoms with van der Waals surface area (Å²) in [6.45, 7) is -1.21. The summed E-state index contributed by atoms with van der Waals surface area (Å²) in [5.41, 5.74) is 1.42. The van der Waals surface area contributed by atoms with Gasteiger partial charge in [-0.15, -0.1) is 0 Å². The quantitative estimate of drug-likeness (QED) is 0.499. The van der Waals surface area contributed by atoms with Gasteiger partial charge in [-0.3, -0.25) is 4.79 Å². The predicted octanol–water partition coefficient (Wildman–Crippen LogP) is 3.06. The molecule has 0 saturated heterocycles. The number of fused-ring (bicyclic) bond motifs is 2. The molecule has 28 heavy (non-hydrogen) atoms. The monoisotopic (exact) mass is 385 g/mol. The third-order valence-corrected chi connectivity index (χ3v) is 4.29. The van der Waals surface area contributed by atoms with Crippen molar-refractivity contribution in [1.82, 2.24) is 20.2 Å². The van der Waals surface area contributed by atoms with Gasteiger partial charge in [0.15, 0.2) is 0 Å². The van der Waals surface area contributed by atoms with Gasteiger partial charge < -0.3 is 10.1 Å². The van der Waals surface area contributed by atoms with E-state index in [4.69, 9.17) is 0 Å². The Hall–Kier alpha value is -3.82. The number of carbonyl (C=O) groups is 1. The Balaban J connectivity index is 1.86. The van der Waals surface area contributed by atoms with Crippen molar-refractivity contribution in [3.63, 3.8) is 0 Å². The average molecular weight is 385 g/mol. The fourth-order valence-corrected chi connectivity index (χ4v) is 3.01. The summed E-state index contributed by atoms with van der Waals surface area (Å²) < 4.78 is 26.3. The lowest BCUT2D eigenvalue weighted by Gasteiger charge is -2.13. The third kappa shape index (κ3) is 2.94. The summed E-state index contributed by atoms with van der Waals surface area (Å²) in [5.74, 6) is -0.517. The zero-order chi connectivity index (χ0) is 19.8. The number of halogens is 2. The van der Waals surface area contributed by atoms with Crippen molar-refractivity contribution in [2.75, 3.05) is 18.1 Å². The van der Waals surface area contributed by atoms with Crippen LogP contribution in [0.1, 0.15) is 0 Å². The maximum atomic E-state index is 13.7. The molecule has 0 unspecified atom stereocenters. The first-order chi connectivity index (χ1) is 13.5. The first-order valence-corrected chi connectivity index (χ1v) is 8.22. The lowest BCUT2D eigenvalue weighted by Crippen LogP contribution is -2.32. The number of alkyl halides is 1. The molecule has 0 fully saturated rings. The van der Waals surface area contributed by atoms with Crippen LogP contribution in [-0.2, 0) is 0 Å². The molecule has 0 aliphatic rings. The van der Waals surface area contributed by atoms with Crippen molar-refractivity contribution in [2.45, 2.75) is 0 Å². The van der Waals surface area contributed by atoms with E-state index >= 15 is 0 Å². The lowest BCUT2D eigenvalue weighted by atomic mass is 10.0. The molecule has 2 aromatic heterocycles. The number of nitrogens with one attached hydrogen (secondary N) is 2. The Labute approximate surface area is 155 Å². The van der Waals surface area contributed by atoms with Gasteiger partial charge in [0.1, 0.15) is 12.5 Å². The molecule has 2 aromatic carbocycles. The minimum atomic E-state index is -1.33. The molecular formula is C18H13F2N5O3. The third-order valence-electron chi connectivity index (χ3n) is 4.29. The molecule has 0 saturated carbocycles. The van der Waals surface area contributed by atoms with Crippen LogP contribution in [0.5, 0.6) is 0 Å². The highest BCUT2D eigenvalue weighted by Crippen LogP contribution is 2.28. The van der Waals surface area contributed by atoms with Crippen molar-refractivity contribution in [3.05, 3.63) is 52.6 Å². The van der Waals surface area contributed by atoms with Crippen molar-refractivity contribution in [2.24, 2.45) is 0 Å². The van der Waals surface area contributed by atoms with Gasteiger partial charge >= 0.3 is 6.09 Å². The minimum Gasteiger partial charge on any atom is -0.465 e. The second kappa shape index (κ2) is 6.72. The Morgan fingerprint density at radius 1 is 1.18 bits per heavy atom. The molecule has 4 rings (SSSR count). The summed E-state index contributed by atoms with van der Waals surface area (Å²) in [4.78, 5) is 31.0. The predicted molar refractivity (Wildman–Crippen MR) is 98.8 cm³/mol. The molecular weight excluding hydrogens is 372 g/mol. The molecule has 0 radical (unpaired) electrons. The molecule has 0 atom stereocenters. The fraction of sp³-hybridized carbons (Fsp3) is 0.111. The second-order valence-electron chi connectivity index (χ2n) is 6.01. The van der Waals surface area contributed by atoms with Crippen LogP contribution in [0.3, 0.4) is 0 Å². The van der Waals surface area contributed by atoms with Gasteiger partial charge in [0.05, 0.1) is 28.7 Å². The SMILES string of the molecule is O=C(O)N(CCF)c1nc2ccc(-c3n[nH]c(=O)c4ccc(F)cc34)cc2[nH]1. The number of amides is 1. The van der Waals surface area contributed by atoms with Crippen LogP contribution in [0, 0.1) is 5.82 Å². The summed E-state index contributed by atoms with van der Waals surface area (Å²) in [5, 5.41) is 16.2. The smallest absolute Gasteiger partial charge is 0.414 e. The van der Waals surface area contributed by atoms with Crippen LogP contribution in [-0.4, -0.2) is 44.6 Å². The van der Waals surface area contributed by atoms with Gasteiger partial charge in [0, 0.05) is 10.9 Å². The van der Waals surface area contributed by atoms with Gasteiger partial charge in [0.25, 0.3) is 5.56 Å². The lowest BCUT2D eigenvalue weighted by molar-refractivity contribution is 0.200. The highest BCUT2D eigenvalue weighted by Gasteiger charge is 2.18. The van der Waals surface area contributed by atoms with E-state index in [2.05, 4.69) is 20.2 Å². The van der Waals surface area contributed by atoms with Crippen molar-refractivity contribution < 1.29 is 18.7 Å². The molecule has 0 spiro atoms. The van der Waals surface area contributed by atoms with E-state index in [1.54, 1.807) is 18.2 Å². The molecule has 0 aliphatic carbocycles. The zero-order valence-electron chi connectivity index (χ0n) is 14.2. The van der Waals surface area contributed by atoms with E-state index in [0.29, 0.717) is 27.7 Å². The number of H-pyrrole nitrogens is 2. The number of anilines is 1. The Bertz CT molecular complexity index is 1270. The molecule has 142 valence electrons. The van der Waals surface area contributed by atoms with Gasteiger partial charge in [-0.05, 0) is 30.3 Å². The number of hydrogen-bond acceptors (Lipinski definition) is 4. The molecule has 10 heteroatoms. The summed E-state index contributed by atoms with van der Waals surface area (Å²) in [7, 11) is 0. The van der Waals surface area contributed by atoms with Crippen molar-refractivity contribution >= 4 is 33.8 Å². The van der Waals surface area contributed by atoms with Crippen LogP contribution >= 0.6 is 0 Å². The number of imidazole rings is 1. The molecule has 1 amide bonds. The molecule has 0 aliphatic heterocycles. The van der Waals surface area contributed by atoms with Gasteiger partial charge in [-0.2, -0.15) is 5.10 Å². The highest BCUT2D eigenvalue weighted by atomic mass is 19.1. The maximum absolute atomic E-state index is 13.7. The topological polar surface area (TPSA) is 115 Å². The van der Waals surface area contributed by atoms with E-state index in [9.17, 15) is 23.5 Å². The molecule has 2 heterocycles.